The van der Waals surface area contributed by atoms with Gasteiger partial charge < -0.3 is 5.32 Å². The van der Waals surface area contributed by atoms with Gasteiger partial charge in [0, 0.05) is 18.8 Å². The Labute approximate surface area is 117 Å². The number of nitrogens with zero attached hydrogens (tertiary/aromatic N) is 2. The van der Waals surface area contributed by atoms with Crippen molar-refractivity contribution in [2.75, 3.05) is 7.05 Å². The molecule has 0 aliphatic rings. The van der Waals surface area contributed by atoms with Gasteiger partial charge >= 0.3 is 0 Å². The van der Waals surface area contributed by atoms with Crippen molar-refractivity contribution in [3.05, 3.63) is 59.9 Å². The van der Waals surface area contributed by atoms with Gasteiger partial charge in [-0.15, -0.1) is 0 Å². The van der Waals surface area contributed by atoms with Crippen LogP contribution in [0.1, 0.15) is 16.1 Å². The molecule has 4 nitrogen and oxygen atoms in total. The van der Waals surface area contributed by atoms with Gasteiger partial charge in [-0.3, -0.25) is 9.20 Å². The zero-order valence-corrected chi connectivity index (χ0v) is 11.4. The molecule has 2 heterocycles. The summed E-state index contributed by atoms with van der Waals surface area (Å²) in [5.74, 6) is -0.140. The third-order valence-electron chi connectivity index (χ3n) is 3.30. The van der Waals surface area contributed by atoms with Gasteiger partial charge in [0.05, 0.1) is 0 Å². The summed E-state index contributed by atoms with van der Waals surface area (Å²) in [5.41, 5.74) is 4.15. The number of amides is 1. The quantitative estimate of drug-likeness (QED) is 0.774. The number of carbonyl (C=O) groups excluding carboxylic acids is 1. The van der Waals surface area contributed by atoms with Crippen molar-refractivity contribution in [2.24, 2.45) is 0 Å². The van der Waals surface area contributed by atoms with Crippen LogP contribution in [-0.4, -0.2) is 22.3 Å². The molecule has 4 heteroatoms. The van der Waals surface area contributed by atoms with E-state index in [1.165, 1.54) is 5.56 Å². The molecule has 1 aromatic carbocycles. The molecular formula is C16H15N3O. The van der Waals surface area contributed by atoms with Crippen LogP contribution in [0, 0.1) is 6.92 Å². The average Bonchev–Trinajstić information content (AvgIpc) is 2.86. The minimum atomic E-state index is -0.140. The summed E-state index contributed by atoms with van der Waals surface area (Å²) < 4.78 is 1.81. The number of fused-ring (bicyclic) bond motifs is 1. The molecule has 0 bridgehead atoms. The van der Waals surface area contributed by atoms with Gasteiger partial charge in [-0.2, -0.15) is 0 Å². The first-order valence-corrected chi connectivity index (χ1v) is 6.47. The van der Waals surface area contributed by atoms with Crippen molar-refractivity contribution in [2.45, 2.75) is 6.92 Å². The van der Waals surface area contributed by atoms with Crippen molar-refractivity contribution in [3.63, 3.8) is 0 Å². The summed E-state index contributed by atoms with van der Waals surface area (Å²) in [6.07, 6.45) is 1.85. The number of pyridine rings is 1. The fourth-order valence-corrected chi connectivity index (χ4v) is 2.24. The lowest BCUT2D eigenvalue weighted by atomic mass is 10.1. The van der Waals surface area contributed by atoms with E-state index >= 15 is 0 Å². The second-order valence-electron chi connectivity index (χ2n) is 4.68. The predicted molar refractivity (Wildman–Crippen MR) is 78.8 cm³/mol. The molecule has 0 saturated heterocycles. The van der Waals surface area contributed by atoms with E-state index in [-0.39, 0.29) is 5.91 Å². The van der Waals surface area contributed by atoms with Crippen molar-refractivity contribution in [1.29, 1.82) is 0 Å². The van der Waals surface area contributed by atoms with Gasteiger partial charge in [-0.1, -0.05) is 35.9 Å². The molecule has 20 heavy (non-hydrogen) atoms. The fraction of sp³-hybridized carbons (Fsp3) is 0.125. The molecule has 2 aromatic heterocycles. The first-order valence-electron chi connectivity index (χ1n) is 6.47. The number of hydrogen-bond acceptors (Lipinski definition) is 2. The van der Waals surface area contributed by atoms with Gasteiger partial charge in [-0.25, -0.2) is 4.98 Å². The first-order chi connectivity index (χ1) is 9.70. The molecule has 0 saturated carbocycles. The number of benzene rings is 1. The van der Waals surface area contributed by atoms with Crippen LogP contribution >= 0.6 is 0 Å². The van der Waals surface area contributed by atoms with Crippen molar-refractivity contribution in [3.8, 4) is 11.3 Å². The van der Waals surface area contributed by atoms with Gasteiger partial charge in [0.25, 0.3) is 5.91 Å². The third-order valence-corrected chi connectivity index (χ3v) is 3.30. The molecule has 1 N–H and O–H groups in total. The van der Waals surface area contributed by atoms with Gasteiger partial charge in [-0.05, 0) is 19.1 Å². The molecule has 0 aliphatic carbocycles. The number of imidazole rings is 1. The summed E-state index contributed by atoms with van der Waals surface area (Å²) in [5, 5.41) is 2.68. The lowest BCUT2D eigenvalue weighted by molar-refractivity contribution is 0.0958. The SMILES string of the molecule is CNC(=O)c1c(-c2ccc(C)cc2)nc2ccccn12. The standard InChI is InChI=1S/C16H15N3O/c1-11-6-8-12(9-7-11)14-15(16(20)17-2)19-10-4-3-5-13(19)18-14/h3-10H,1-2H3,(H,17,20). The maximum atomic E-state index is 12.2. The van der Waals surface area contributed by atoms with Crippen molar-refractivity contribution >= 4 is 11.6 Å². The summed E-state index contributed by atoms with van der Waals surface area (Å²) in [4.78, 5) is 16.8. The van der Waals surface area contributed by atoms with Crippen LogP contribution in [-0.2, 0) is 0 Å². The van der Waals surface area contributed by atoms with Crippen LogP contribution in [0.2, 0.25) is 0 Å². The number of carbonyl (C=O) groups is 1. The van der Waals surface area contributed by atoms with E-state index in [1.807, 2.05) is 60.0 Å². The van der Waals surface area contributed by atoms with Crippen molar-refractivity contribution in [1.82, 2.24) is 14.7 Å². The number of aromatic nitrogens is 2. The number of rotatable bonds is 2. The van der Waals surface area contributed by atoms with Crippen LogP contribution in [0.3, 0.4) is 0 Å². The van der Waals surface area contributed by atoms with Crippen LogP contribution in [0.4, 0.5) is 0 Å². The maximum Gasteiger partial charge on any atom is 0.270 e. The molecule has 0 radical (unpaired) electrons. The molecule has 0 fully saturated rings. The summed E-state index contributed by atoms with van der Waals surface area (Å²) in [6, 6.07) is 13.7. The van der Waals surface area contributed by atoms with E-state index in [0.717, 1.165) is 11.2 Å². The summed E-state index contributed by atoms with van der Waals surface area (Å²) in [7, 11) is 1.63. The summed E-state index contributed by atoms with van der Waals surface area (Å²) >= 11 is 0. The Balaban J connectivity index is 2.29. The normalized spacial score (nSPS) is 10.7. The predicted octanol–water partition coefficient (Wildman–Crippen LogP) is 2.67. The van der Waals surface area contributed by atoms with E-state index in [9.17, 15) is 4.79 Å². The molecule has 3 rings (SSSR count). The first kappa shape index (κ1) is 12.4. The topological polar surface area (TPSA) is 46.4 Å². The fourth-order valence-electron chi connectivity index (χ4n) is 2.24. The molecule has 0 spiro atoms. The van der Waals surface area contributed by atoms with E-state index in [4.69, 9.17) is 0 Å². The largest absolute Gasteiger partial charge is 0.354 e. The zero-order valence-electron chi connectivity index (χ0n) is 11.4. The Morgan fingerprint density at radius 3 is 2.60 bits per heavy atom. The third kappa shape index (κ3) is 1.95. The number of hydrogen-bond donors (Lipinski definition) is 1. The monoisotopic (exact) mass is 265 g/mol. The van der Waals surface area contributed by atoms with E-state index in [0.29, 0.717) is 11.4 Å². The molecule has 1 amide bonds. The van der Waals surface area contributed by atoms with Crippen LogP contribution in [0.25, 0.3) is 16.9 Å². The molecule has 0 aliphatic heterocycles. The molecule has 100 valence electrons. The molecule has 3 aromatic rings. The Morgan fingerprint density at radius 2 is 1.90 bits per heavy atom. The minimum absolute atomic E-state index is 0.140. The van der Waals surface area contributed by atoms with Gasteiger partial charge in [0.15, 0.2) is 0 Å². The van der Waals surface area contributed by atoms with E-state index in [2.05, 4.69) is 10.3 Å². The second-order valence-corrected chi connectivity index (χ2v) is 4.68. The highest BCUT2D eigenvalue weighted by Crippen LogP contribution is 2.24. The number of nitrogens with one attached hydrogen (secondary N) is 1. The van der Waals surface area contributed by atoms with Crippen LogP contribution < -0.4 is 5.32 Å². The van der Waals surface area contributed by atoms with Gasteiger partial charge in [0.2, 0.25) is 0 Å². The summed E-state index contributed by atoms with van der Waals surface area (Å²) in [6.45, 7) is 2.03. The Bertz CT molecular complexity index is 772. The maximum absolute atomic E-state index is 12.2. The van der Waals surface area contributed by atoms with Crippen LogP contribution in [0.15, 0.2) is 48.7 Å². The lowest BCUT2D eigenvalue weighted by Crippen LogP contribution is -2.20. The number of aryl methyl sites for hydroxylation is 1. The Morgan fingerprint density at radius 1 is 1.15 bits per heavy atom. The molecule has 0 atom stereocenters. The smallest absolute Gasteiger partial charge is 0.270 e. The van der Waals surface area contributed by atoms with E-state index < -0.39 is 0 Å². The molecule has 0 unspecified atom stereocenters. The van der Waals surface area contributed by atoms with E-state index in [1.54, 1.807) is 7.05 Å². The average molecular weight is 265 g/mol. The molecular weight excluding hydrogens is 250 g/mol. The highest BCUT2D eigenvalue weighted by Gasteiger charge is 2.19. The highest BCUT2D eigenvalue weighted by atomic mass is 16.1. The zero-order chi connectivity index (χ0) is 14.1. The van der Waals surface area contributed by atoms with Crippen LogP contribution in [0.5, 0.6) is 0 Å². The Kier molecular flexibility index (Phi) is 2.99. The van der Waals surface area contributed by atoms with Crippen molar-refractivity contribution < 1.29 is 4.79 Å². The highest BCUT2D eigenvalue weighted by molar-refractivity contribution is 5.99. The minimum Gasteiger partial charge on any atom is -0.354 e. The Hall–Kier alpha value is -2.62. The second kappa shape index (κ2) is 4.81. The lowest BCUT2D eigenvalue weighted by Gasteiger charge is -2.04. The van der Waals surface area contributed by atoms with Gasteiger partial charge in [0.1, 0.15) is 17.0 Å².